The van der Waals surface area contributed by atoms with Gasteiger partial charge in [0.05, 0.1) is 12.6 Å². The standard InChI is InChI=1S/C12H18N2O2/c1-10(15)7-13-9-12(16)14-8-11-5-3-2-4-6-11/h2-6,10,13,15H,7-9H2,1H3,(H,14,16)/t10-/m0/s1. The summed E-state index contributed by atoms with van der Waals surface area (Å²) in [6.07, 6.45) is -0.429. The van der Waals surface area contributed by atoms with E-state index in [0.29, 0.717) is 13.1 Å². The van der Waals surface area contributed by atoms with Gasteiger partial charge in [0.15, 0.2) is 0 Å². The van der Waals surface area contributed by atoms with Gasteiger partial charge in [-0.3, -0.25) is 4.79 Å². The Morgan fingerprint density at radius 2 is 2.06 bits per heavy atom. The summed E-state index contributed by atoms with van der Waals surface area (Å²) in [5, 5.41) is 14.6. The van der Waals surface area contributed by atoms with Gasteiger partial charge in [-0.15, -0.1) is 0 Å². The molecule has 0 heterocycles. The minimum Gasteiger partial charge on any atom is -0.392 e. The van der Waals surface area contributed by atoms with Gasteiger partial charge in [-0.05, 0) is 12.5 Å². The fourth-order valence-electron chi connectivity index (χ4n) is 1.25. The SMILES string of the molecule is C[C@H](O)CNCC(=O)NCc1ccccc1. The van der Waals surface area contributed by atoms with Crippen molar-refractivity contribution in [2.75, 3.05) is 13.1 Å². The molecule has 0 aliphatic rings. The second kappa shape index (κ2) is 6.98. The van der Waals surface area contributed by atoms with E-state index in [0.717, 1.165) is 5.56 Å². The third-order valence-electron chi connectivity index (χ3n) is 2.06. The van der Waals surface area contributed by atoms with Crippen LogP contribution in [0.25, 0.3) is 0 Å². The van der Waals surface area contributed by atoms with E-state index in [1.54, 1.807) is 6.92 Å². The molecule has 0 aliphatic heterocycles. The van der Waals surface area contributed by atoms with E-state index in [2.05, 4.69) is 10.6 Å². The topological polar surface area (TPSA) is 61.4 Å². The second-order valence-electron chi connectivity index (χ2n) is 3.74. The first-order valence-electron chi connectivity index (χ1n) is 5.38. The molecule has 0 spiro atoms. The van der Waals surface area contributed by atoms with Gasteiger partial charge in [-0.2, -0.15) is 0 Å². The lowest BCUT2D eigenvalue weighted by molar-refractivity contribution is -0.120. The molecule has 0 aliphatic carbocycles. The van der Waals surface area contributed by atoms with E-state index in [-0.39, 0.29) is 12.5 Å². The summed E-state index contributed by atoms with van der Waals surface area (Å²) < 4.78 is 0. The third-order valence-corrected chi connectivity index (χ3v) is 2.06. The molecule has 16 heavy (non-hydrogen) atoms. The van der Waals surface area contributed by atoms with E-state index in [4.69, 9.17) is 5.11 Å². The number of benzene rings is 1. The maximum atomic E-state index is 11.3. The zero-order valence-corrected chi connectivity index (χ0v) is 9.44. The highest BCUT2D eigenvalue weighted by Gasteiger charge is 2.01. The fraction of sp³-hybridized carbons (Fsp3) is 0.417. The van der Waals surface area contributed by atoms with Gasteiger partial charge in [0.1, 0.15) is 0 Å². The van der Waals surface area contributed by atoms with Crippen LogP contribution >= 0.6 is 0 Å². The summed E-state index contributed by atoms with van der Waals surface area (Å²) in [6.45, 7) is 2.88. The summed E-state index contributed by atoms with van der Waals surface area (Å²) in [6, 6.07) is 9.74. The van der Waals surface area contributed by atoms with Crippen molar-refractivity contribution in [1.82, 2.24) is 10.6 Å². The first-order chi connectivity index (χ1) is 7.68. The Hall–Kier alpha value is -1.39. The molecule has 0 aromatic heterocycles. The van der Waals surface area contributed by atoms with Crippen LogP contribution in [0.5, 0.6) is 0 Å². The summed E-state index contributed by atoms with van der Waals surface area (Å²) in [5.74, 6) is -0.0653. The third kappa shape index (κ3) is 5.48. The highest BCUT2D eigenvalue weighted by atomic mass is 16.3. The Bertz CT molecular complexity index is 312. The smallest absolute Gasteiger partial charge is 0.234 e. The van der Waals surface area contributed by atoms with E-state index >= 15 is 0 Å². The lowest BCUT2D eigenvalue weighted by Crippen LogP contribution is -2.36. The Morgan fingerprint density at radius 1 is 1.38 bits per heavy atom. The van der Waals surface area contributed by atoms with Gasteiger partial charge in [0, 0.05) is 13.1 Å². The summed E-state index contributed by atoms with van der Waals surface area (Å²) in [5.41, 5.74) is 1.08. The Kier molecular flexibility index (Phi) is 5.53. The van der Waals surface area contributed by atoms with E-state index in [1.165, 1.54) is 0 Å². The molecule has 0 bridgehead atoms. The average molecular weight is 222 g/mol. The number of amides is 1. The van der Waals surface area contributed by atoms with Gasteiger partial charge in [0.25, 0.3) is 0 Å². The highest BCUT2D eigenvalue weighted by molar-refractivity contribution is 5.77. The summed E-state index contributed by atoms with van der Waals surface area (Å²) in [4.78, 5) is 11.3. The molecule has 0 unspecified atom stereocenters. The molecule has 0 saturated heterocycles. The molecule has 4 nitrogen and oxygen atoms in total. The number of hydrogen-bond acceptors (Lipinski definition) is 3. The van der Waals surface area contributed by atoms with Crippen LogP contribution < -0.4 is 10.6 Å². The molecule has 1 amide bonds. The van der Waals surface area contributed by atoms with Crippen LogP contribution in [0.1, 0.15) is 12.5 Å². The summed E-state index contributed by atoms with van der Waals surface area (Å²) in [7, 11) is 0. The molecular weight excluding hydrogens is 204 g/mol. The zero-order valence-electron chi connectivity index (χ0n) is 9.44. The van der Waals surface area contributed by atoms with Crippen molar-refractivity contribution in [3.8, 4) is 0 Å². The van der Waals surface area contributed by atoms with Crippen molar-refractivity contribution >= 4 is 5.91 Å². The van der Waals surface area contributed by atoms with Crippen molar-refractivity contribution in [1.29, 1.82) is 0 Å². The Morgan fingerprint density at radius 3 is 2.69 bits per heavy atom. The maximum absolute atomic E-state index is 11.3. The molecule has 0 saturated carbocycles. The van der Waals surface area contributed by atoms with Gasteiger partial charge in [0.2, 0.25) is 5.91 Å². The first kappa shape index (κ1) is 12.7. The van der Waals surface area contributed by atoms with Gasteiger partial charge in [-0.25, -0.2) is 0 Å². The monoisotopic (exact) mass is 222 g/mol. The molecule has 3 N–H and O–H groups in total. The number of aliphatic hydroxyl groups excluding tert-OH is 1. The predicted octanol–water partition coefficient (Wildman–Crippen LogP) is 0.273. The van der Waals surface area contributed by atoms with Crippen LogP contribution in [0.2, 0.25) is 0 Å². The largest absolute Gasteiger partial charge is 0.392 e. The molecule has 88 valence electrons. The van der Waals surface area contributed by atoms with Crippen molar-refractivity contribution in [3.63, 3.8) is 0 Å². The Labute approximate surface area is 95.7 Å². The van der Waals surface area contributed by atoms with Crippen molar-refractivity contribution in [2.45, 2.75) is 19.6 Å². The van der Waals surface area contributed by atoms with Crippen LogP contribution in [-0.4, -0.2) is 30.2 Å². The lowest BCUT2D eigenvalue weighted by atomic mass is 10.2. The van der Waals surface area contributed by atoms with Crippen molar-refractivity contribution in [3.05, 3.63) is 35.9 Å². The molecule has 1 aromatic rings. The number of hydrogen-bond donors (Lipinski definition) is 3. The van der Waals surface area contributed by atoms with Gasteiger partial charge >= 0.3 is 0 Å². The predicted molar refractivity (Wildman–Crippen MR) is 62.8 cm³/mol. The lowest BCUT2D eigenvalue weighted by Gasteiger charge is -2.07. The molecule has 0 fully saturated rings. The molecule has 0 radical (unpaired) electrons. The van der Waals surface area contributed by atoms with E-state index in [9.17, 15) is 4.79 Å². The highest BCUT2D eigenvalue weighted by Crippen LogP contribution is 1.96. The maximum Gasteiger partial charge on any atom is 0.234 e. The average Bonchev–Trinajstić information content (AvgIpc) is 2.27. The van der Waals surface area contributed by atoms with Gasteiger partial charge < -0.3 is 15.7 Å². The number of aliphatic hydroxyl groups is 1. The zero-order chi connectivity index (χ0) is 11.8. The van der Waals surface area contributed by atoms with Crippen molar-refractivity contribution in [2.24, 2.45) is 0 Å². The second-order valence-corrected chi connectivity index (χ2v) is 3.74. The minimum atomic E-state index is -0.429. The number of nitrogens with one attached hydrogen (secondary N) is 2. The van der Waals surface area contributed by atoms with Crippen LogP contribution in [0, 0.1) is 0 Å². The molecular formula is C12H18N2O2. The fourth-order valence-corrected chi connectivity index (χ4v) is 1.25. The molecule has 1 aromatic carbocycles. The Balaban J connectivity index is 2.16. The number of carbonyl (C=O) groups excluding carboxylic acids is 1. The minimum absolute atomic E-state index is 0.0653. The molecule has 1 atom stereocenters. The van der Waals surface area contributed by atoms with Crippen molar-refractivity contribution < 1.29 is 9.90 Å². The van der Waals surface area contributed by atoms with Crippen LogP contribution in [0.3, 0.4) is 0 Å². The quantitative estimate of drug-likeness (QED) is 0.647. The van der Waals surface area contributed by atoms with Crippen LogP contribution in [-0.2, 0) is 11.3 Å². The number of rotatable bonds is 6. The van der Waals surface area contributed by atoms with Crippen LogP contribution in [0.4, 0.5) is 0 Å². The normalized spacial score (nSPS) is 12.1. The van der Waals surface area contributed by atoms with Crippen LogP contribution in [0.15, 0.2) is 30.3 Å². The van der Waals surface area contributed by atoms with E-state index < -0.39 is 6.10 Å². The molecule has 4 heteroatoms. The van der Waals surface area contributed by atoms with Gasteiger partial charge in [-0.1, -0.05) is 30.3 Å². The van der Waals surface area contributed by atoms with E-state index in [1.807, 2.05) is 30.3 Å². The number of carbonyl (C=O) groups is 1. The molecule has 1 rings (SSSR count). The summed E-state index contributed by atoms with van der Waals surface area (Å²) >= 11 is 0. The first-order valence-corrected chi connectivity index (χ1v) is 5.38.